The van der Waals surface area contributed by atoms with Crippen LogP contribution in [0.25, 0.3) is 16.6 Å². The molecule has 1 atom stereocenters. The molecule has 0 bridgehead atoms. The predicted octanol–water partition coefficient (Wildman–Crippen LogP) is 5.14. The van der Waals surface area contributed by atoms with E-state index in [1.165, 1.54) is 0 Å². The highest BCUT2D eigenvalue weighted by atomic mass is 16.2. The number of aryl methyl sites for hydroxylation is 1. The largest absolute Gasteiger partial charge is 0.397 e. The number of para-hydroxylation sites is 3. The lowest BCUT2D eigenvalue weighted by Crippen LogP contribution is -2.53. The van der Waals surface area contributed by atoms with E-state index in [2.05, 4.69) is 39.9 Å². The molecule has 7 rings (SSSR count). The summed E-state index contributed by atoms with van der Waals surface area (Å²) in [5.41, 5.74) is 12.9. The quantitative estimate of drug-likeness (QED) is 0.203. The van der Waals surface area contributed by atoms with Gasteiger partial charge < -0.3 is 26.2 Å². The van der Waals surface area contributed by atoms with Gasteiger partial charge in [0.15, 0.2) is 0 Å². The highest BCUT2D eigenvalue weighted by molar-refractivity contribution is 5.92. The number of benzene rings is 3. The Morgan fingerprint density at radius 3 is 2.75 bits per heavy atom. The molecular formula is C33H35N9O2. The van der Waals surface area contributed by atoms with Crippen molar-refractivity contribution < 1.29 is 9.59 Å². The van der Waals surface area contributed by atoms with Gasteiger partial charge in [0, 0.05) is 49.1 Å². The molecule has 11 nitrogen and oxygen atoms in total. The van der Waals surface area contributed by atoms with Crippen LogP contribution >= 0.6 is 0 Å². The van der Waals surface area contributed by atoms with Gasteiger partial charge in [-0.15, -0.1) is 0 Å². The van der Waals surface area contributed by atoms with E-state index in [0.29, 0.717) is 50.4 Å². The van der Waals surface area contributed by atoms with Crippen LogP contribution in [0.15, 0.2) is 79.3 Å². The van der Waals surface area contributed by atoms with E-state index < -0.39 is 6.04 Å². The van der Waals surface area contributed by atoms with Gasteiger partial charge in [0.25, 0.3) is 0 Å². The molecule has 1 fully saturated rings. The van der Waals surface area contributed by atoms with Crippen LogP contribution in [0, 0.1) is 6.92 Å². The first-order valence-electron chi connectivity index (χ1n) is 15.0. The van der Waals surface area contributed by atoms with Crippen molar-refractivity contribution in [1.82, 2.24) is 34.9 Å². The van der Waals surface area contributed by atoms with Gasteiger partial charge in [0.2, 0.25) is 0 Å². The number of aromatic nitrogens is 4. The first-order valence-corrected chi connectivity index (χ1v) is 15.0. The third kappa shape index (κ3) is 5.21. The summed E-state index contributed by atoms with van der Waals surface area (Å²) < 4.78 is 1.95. The van der Waals surface area contributed by atoms with Crippen LogP contribution in [0.2, 0.25) is 0 Å². The number of rotatable bonds is 6. The average molecular weight is 590 g/mol. The Kier molecular flexibility index (Phi) is 7.13. The topological polar surface area (TPSA) is 137 Å². The van der Waals surface area contributed by atoms with Gasteiger partial charge in [-0.05, 0) is 67.1 Å². The van der Waals surface area contributed by atoms with Crippen LogP contribution in [0.4, 0.5) is 21.0 Å². The highest BCUT2D eigenvalue weighted by Gasteiger charge is 2.33. The van der Waals surface area contributed by atoms with Crippen molar-refractivity contribution in [3.05, 3.63) is 102 Å². The van der Waals surface area contributed by atoms with Gasteiger partial charge in [-0.1, -0.05) is 36.4 Å². The summed E-state index contributed by atoms with van der Waals surface area (Å²) in [4.78, 5) is 35.1. The molecule has 224 valence electrons. The number of fused-ring (bicyclic) bond motifs is 2. The molecule has 0 aliphatic carbocycles. The second-order valence-electron chi connectivity index (χ2n) is 11.6. The summed E-state index contributed by atoms with van der Waals surface area (Å²) in [6, 6.07) is 19.1. The van der Waals surface area contributed by atoms with E-state index in [0.717, 1.165) is 39.0 Å². The first-order chi connectivity index (χ1) is 21.4. The summed E-state index contributed by atoms with van der Waals surface area (Å²) >= 11 is 0. The Hall–Kier alpha value is -5.32. The van der Waals surface area contributed by atoms with Gasteiger partial charge in [0.05, 0.1) is 29.1 Å². The fourth-order valence-corrected chi connectivity index (χ4v) is 6.49. The molecular weight excluding hydrogens is 554 g/mol. The summed E-state index contributed by atoms with van der Waals surface area (Å²) in [5, 5.41) is 14.6. The Labute approximate surface area is 255 Å². The molecule has 2 aromatic heterocycles. The van der Waals surface area contributed by atoms with Crippen LogP contribution in [-0.4, -0.2) is 60.7 Å². The van der Waals surface area contributed by atoms with Crippen molar-refractivity contribution in [3.63, 3.8) is 0 Å². The van der Waals surface area contributed by atoms with E-state index in [4.69, 9.17) is 10.7 Å². The van der Waals surface area contributed by atoms with Gasteiger partial charge in [-0.2, -0.15) is 5.10 Å². The average Bonchev–Trinajstić information content (AvgIpc) is 3.71. The lowest BCUT2D eigenvalue weighted by Gasteiger charge is -2.40. The highest BCUT2D eigenvalue weighted by Crippen LogP contribution is 2.29. The Balaban J connectivity index is 1.10. The molecule has 0 radical (unpaired) electrons. The lowest BCUT2D eigenvalue weighted by molar-refractivity contribution is 0.127. The number of anilines is 2. The van der Waals surface area contributed by atoms with Crippen molar-refractivity contribution in [2.24, 2.45) is 0 Å². The monoisotopic (exact) mass is 589 g/mol. The molecule has 2 aliphatic rings. The van der Waals surface area contributed by atoms with Crippen LogP contribution in [-0.2, 0) is 13.0 Å². The van der Waals surface area contributed by atoms with E-state index in [9.17, 15) is 9.59 Å². The molecule has 3 aromatic carbocycles. The molecule has 11 heteroatoms. The third-order valence-corrected chi connectivity index (χ3v) is 8.77. The van der Waals surface area contributed by atoms with Gasteiger partial charge in [-0.25, -0.2) is 14.6 Å². The minimum atomic E-state index is -0.428. The molecule has 0 spiro atoms. The maximum Gasteiger partial charge on any atom is 0.322 e. The van der Waals surface area contributed by atoms with Gasteiger partial charge >= 0.3 is 12.1 Å². The number of nitrogen functional groups attached to an aromatic ring is 1. The number of likely N-dealkylation sites (tertiary alicyclic amines) is 1. The number of carbonyl (C=O) groups excluding carboxylic acids is 2. The molecule has 1 unspecified atom stereocenters. The molecule has 4 heterocycles. The number of nitrogens with one attached hydrogen (secondary N) is 3. The number of hydrogen-bond donors (Lipinski definition) is 4. The number of carbonyl (C=O) groups is 2. The summed E-state index contributed by atoms with van der Waals surface area (Å²) in [7, 11) is 0. The minimum Gasteiger partial charge on any atom is -0.397 e. The maximum atomic E-state index is 13.8. The fourth-order valence-electron chi connectivity index (χ4n) is 6.49. The Morgan fingerprint density at radius 1 is 1.11 bits per heavy atom. The van der Waals surface area contributed by atoms with Gasteiger partial charge in [0.1, 0.15) is 5.82 Å². The Bertz CT molecular complexity index is 1840. The SMILES string of the molecule is Cc1cc(CC(NC(=O)N2CCC(N3Cc4ccccc4NC3=O)CC2)c2nccn2-c2ccccc2N)cc2cn[nH]c12. The van der Waals surface area contributed by atoms with Crippen LogP contribution in [0.1, 0.15) is 41.4 Å². The minimum absolute atomic E-state index is 0.0628. The predicted molar refractivity (Wildman–Crippen MR) is 169 cm³/mol. The summed E-state index contributed by atoms with van der Waals surface area (Å²) in [5.74, 6) is 0.694. The van der Waals surface area contributed by atoms with Crippen LogP contribution in [0.3, 0.4) is 0 Å². The molecule has 1 saturated heterocycles. The number of piperidine rings is 1. The van der Waals surface area contributed by atoms with E-state index >= 15 is 0 Å². The number of H-pyrrole nitrogens is 1. The molecule has 0 saturated carbocycles. The van der Waals surface area contributed by atoms with E-state index in [-0.39, 0.29) is 18.1 Å². The maximum absolute atomic E-state index is 13.8. The summed E-state index contributed by atoms with van der Waals surface area (Å²) in [6.45, 7) is 3.73. The van der Waals surface area contributed by atoms with E-state index in [1.807, 2.05) is 75.3 Å². The number of amides is 4. The smallest absolute Gasteiger partial charge is 0.322 e. The molecule has 44 heavy (non-hydrogen) atoms. The summed E-state index contributed by atoms with van der Waals surface area (Å²) in [6.07, 6.45) is 7.37. The van der Waals surface area contributed by atoms with Gasteiger partial charge in [-0.3, -0.25) is 9.67 Å². The zero-order valence-electron chi connectivity index (χ0n) is 24.5. The van der Waals surface area contributed by atoms with Crippen molar-refractivity contribution in [2.45, 2.75) is 44.8 Å². The number of imidazole rings is 1. The fraction of sp³-hybridized carbons (Fsp3) is 0.273. The standard InChI is InChI=1S/C33H35N9O2/c1-21-16-22(17-24-19-36-39-30(21)24)18-28(31-35-12-15-41(31)29-9-5-3-7-26(29)34)38-32(43)40-13-10-25(11-14-40)42-20-23-6-2-4-8-27(23)37-33(42)44/h2-9,12,15-17,19,25,28H,10-11,13-14,18,20,34H2,1H3,(H,36,39)(H,37,44)(H,38,43). The molecule has 5 aromatic rings. The molecule has 5 N–H and O–H groups in total. The van der Waals surface area contributed by atoms with Crippen molar-refractivity contribution in [3.8, 4) is 5.69 Å². The van der Waals surface area contributed by atoms with E-state index in [1.54, 1.807) is 6.20 Å². The zero-order valence-corrected chi connectivity index (χ0v) is 24.5. The number of nitrogens with zero attached hydrogens (tertiary/aromatic N) is 5. The normalized spacial score (nSPS) is 16.1. The molecule has 4 amide bonds. The Morgan fingerprint density at radius 2 is 1.91 bits per heavy atom. The number of nitrogens with two attached hydrogens (primary N) is 1. The second-order valence-corrected chi connectivity index (χ2v) is 11.6. The van der Waals surface area contributed by atoms with Crippen LogP contribution < -0.4 is 16.4 Å². The van der Waals surface area contributed by atoms with Crippen molar-refractivity contribution in [2.75, 3.05) is 24.1 Å². The lowest BCUT2D eigenvalue weighted by atomic mass is 10.00. The number of hydrogen-bond acceptors (Lipinski definition) is 5. The van der Waals surface area contributed by atoms with Crippen LogP contribution in [0.5, 0.6) is 0 Å². The van der Waals surface area contributed by atoms with Crippen molar-refractivity contribution in [1.29, 1.82) is 0 Å². The second kappa shape index (κ2) is 11.4. The third-order valence-electron chi connectivity index (χ3n) is 8.77. The number of urea groups is 2. The number of aromatic amines is 1. The zero-order chi connectivity index (χ0) is 30.2. The molecule has 2 aliphatic heterocycles. The van der Waals surface area contributed by atoms with Crippen molar-refractivity contribution >= 4 is 34.3 Å². The first kappa shape index (κ1) is 27.5.